The minimum Gasteiger partial charge on any atom is -0.330 e. The molecule has 1 aliphatic carbocycles. The molecule has 2 aliphatic rings. The van der Waals surface area contributed by atoms with Crippen molar-refractivity contribution in [1.29, 1.82) is 0 Å². The predicted molar refractivity (Wildman–Crippen MR) is 83.1 cm³/mol. The summed E-state index contributed by atoms with van der Waals surface area (Å²) < 4.78 is 1.25. The third-order valence-corrected chi connectivity index (χ3v) is 5.28. The molecule has 0 radical (unpaired) electrons. The van der Waals surface area contributed by atoms with E-state index in [2.05, 4.69) is 46.0 Å². The van der Waals surface area contributed by atoms with E-state index in [4.69, 9.17) is 5.73 Å². The lowest BCUT2D eigenvalue weighted by Gasteiger charge is -2.42. The monoisotopic (exact) mass is 322 g/mol. The molecule has 19 heavy (non-hydrogen) atoms. The summed E-state index contributed by atoms with van der Waals surface area (Å²) in [4.78, 5) is 2.72. The molecular weight excluding hydrogens is 300 g/mol. The van der Waals surface area contributed by atoms with E-state index >= 15 is 0 Å². The molecule has 0 spiro atoms. The molecule has 1 saturated heterocycles. The zero-order chi connectivity index (χ0) is 13.4. The number of nitrogens with two attached hydrogens (primary N) is 1. The fourth-order valence-corrected chi connectivity index (χ4v) is 4.20. The Bertz CT molecular complexity index is 456. The highest BCUT2D eigenvalue weighted by atomic mass is 79.9. The molecule has 3 rings (SSSR count). The number of nitrogens with zero attached hydrogens (tertiary/aromatic N) is 1. The molecule has 0 aromatic heterocycles. The van der Waals surface area contributed by atoms with E-state index in [1.807, 2.05) is 0 Å². The van der Waals surface area contributed by atoms with Crippen LogP contribution < -0.4 is 5.73 Å². The van der Waals surface area contributed by atoms with E-state index in [-0.39, 0.29) is 0 Å². The van der Waals surface area contributed by atoms with Crippen LogP contribution in [0.15, 0.2) is 22.7 Å². The summed E-state index contributed by atoms with van der Waals surface area (Å²) in [5.41, 5.74) is 8.80. The van der Waals surface area contributed by atoms with Crippen molar-refractivity contribution >= 4 is 15.9 Å². The van der Waals surface area contributed by atoms with Crippen LogP contribution in [0.5, 0.6) is 0 Å². The van der Waals surface area contributed by atoms with E-state index in [0.29, 0.717) is 12.0 Å². The highest BCUT2D eigenvalue weighted by molar-refractivity contribution is 9.10. The number of likely N-dealkylation sites (tertiary alicyclic amines) is 1. The molecule has 2 atom stereocenters. The van der Waals surface area contributed by atoms with Gasteiger partial charge in [-0.15, -0.1) is 0 Å². The van der Waals surface area contributed by atoms with Crippen molar-refractivity contribution in [1.82, 2.24) is 4.90 Å². The van der Waals surface area contributed by atoms with Crippen LogP contribution in [0.2, 0.25) is 0 Å². The minimum absolute atomic E-state index is 0.515. The molecule has 1 aromatic carbocycles. The first-order valence-corrected chi connectivity index (χ1v) is 8.22. The van der Waals surface area contributed by atoms with E-state index in [9.17, 15) is 0 Å². The Labute approximate surface area is 124 Å². The fourth-order valence-electron chi connectivity index (χ4n) is 3.47. The van der Waals surface area contributed by atoms with Crippen LogP contribution >= 0.6 is 15.9 Å². The average Bonchev–Trinajstić information content (AvgIpc) is 3.22. The van der Waals surface area contributed by atoms with Crippen LogP contribution in [-0.4, -0.2) is 24.0 Å². The summed E-state index contributed by atoms with van der Waals surface area (Å²) in [6, 6.07) is 8.09. The number of piperidine rings is 1. The molecule has 2 unspecified atom stereocenters. The highest BCUT2D eigenvalue weighted by Crippen LogP contribution is 2.44. The molecule has 1 aliphatic heterocycles. The minimum atomic E-state index is 0.515. The standard InChI is InChI=1S/C16H23BrN2/c1-11-4-7-14(15(17)9-11)16-12(10-18)3-2-8-19(16)13-5-6-13/h4,7,9,12-13,16H,2-3,5-6,8,10,18H2,1H3. The summed E-state index contributed by atoms with van der Waals surface area (Å²) in [5, 5.41) is 0. The first-order chi connectivity index (χ1) is 9.20. The first kappa shape index (κ1) is 13.6. The van der Waals surface area contributed by atoms with Crippen molar-refractivity contribution in [3.05, 3.63) is 33.8 Å². The summed E-state index contributed by atoms with van der Waals surface area (Å²) in [5.74, 6) is 0.605. The molecule has 2 N–H and O–H groups in total. The second-order valence-corrected chi connectivity index (χ2v) is 6.93. The number of halogens is 1. The van der Waals surface area contributed by atoms with Gasteiger partial charge in [-0.3, -0.25) is 4.90 Å². The van der Waals surface area contributed by atoms with Gasteiger partial charge >= 0.3 is 0 Å². The largest absolute Gasteiger partial charge is 0.330 e. The zero-order valence-corrected chi connectivity index (χ0v) is 13.2. The molecule has 3 heteroatoms. The molecule has 1 saturated carbocycles. The van der Waals surface area contributed by atoms with E-state index < -0.39 is 0 Å². The third-order valence-electron chi connectivity index (χ3n) is 4.59. The lowest BCUT2D eigenvalue weighted by molar-refractivity contribution is 0.0875. The molecule has 0 bridgehead atoms. The molecule has 2 fully saturated rings. The van der Waals surface area contributed by atoms with Gasteiger partial charge in [0.1, 0.15) is 0 Å². The van der Waals surface area contributed by atoms with Gasteiger partial charge in [-0.05, 0) is 68.8 Å². The van der Waals surface area contributed by atoms with E-state index in [1.165, 1.54) is 47.8 Å². The Morgan fingerprint density at radius 2 is 2.11 bits per heavy atom. The van der Waals surface area contributed by atoms with Crippen molar-refractivity contribution in [3.8, 4) is 0 Å². The quantitative estimate of drug-likeness (QED) is 0.920. The van der Waals surface area contributed by atoms with Crippen LogP contribution in [0.25, 0.3) is 0 Å². The SMILES string of the molecule is Cc1ccc(C2C(CN)CCCN2C2CC2)c(Br)c1. The maximum absolute atomic E-state index is 6.05. The van der Waals surface area contributed by atoms with Crippen molar-refractivity contribution in [2.75, 3.05) is 13.1 Å². The van der Waals surface area contributed by atoms with Gasteiger partial charge in [0, 0.05) is 16.6 Å². The van der Waals surface area contributed by atoms with Gasteiger partial charge in [0.15, 0.2) is 0 Å². The second-order valence-electron chi connectivity index (χ2n) is 6.08. The van der Waals surface area contributed by atoms with Gasteiger partial charge in [0.25, 0.3) is 0 Å². The van der Waals surface area contributed by atoms with Crippen LogP contribution in [0.3, 0.4) is 0 Å². The van der Waals surface area contributed by atoms with Gasteiger partial charge in [-0.2, -0.15) is 0 Å². The Balaban J connectivity index is 1.95. The topological polar surface area (TPSA) is 29.3 Å². The lowest BCUT2D eigenvalue weighted by atomic mass is 9.84. The average molecular weight is 323 g/mol. The number of hydrogen-bond acceptors (Lipinski definition) is 2. The van der Waals surface area contributed by atoms with Gasteiger partial charge in [-0.25, -0.2) is 0 Å². The second kappa shape index (κ2) is 5.55. The van der Waals surface area contributed by atoms with Crippen molar-refractivity contribution < 1.29 is 0 Å². The fraction of sp³-hybridized carbons (Fsp3) is 0.625. The van der Waals surface area contributed by atoms with Crippen LogP contribution in [0.1, 0.15) is 42.9 Å². The van der Waals surface area contributed by atoms with Crippen LogP contribution in [0, 0.1) is 12.8 Å². The highest BCUT2D eigenvalue weighted by Gasteiger charge is 2.40. The predicted octanol–water partition coefficient (Wildman–Crippen LogP) is 3.63. The first-order valence-electron chi connectivity index (χ1n) is 7.42. The number of hydrogen-bond donors (Lipinski definition) is 1. The van der Waals surface area contributed by atoms with Gasteiger partial charge in [0.05, 0.1) is 0 Å². The maximum Gasteiger partial charge on any atom is 0.0402 e. The Morgan fingerprint density at radius 1 is 1.32 bits per heavy atom. The molecule has 1 aromatic rings. The summed E-state index contributed by atoms with van der Waals surface area (Å²) >= 11 is 3.77. The molecule has 0 amide bonds. The van der Waals surface area contributed by atoms with Crippen LogP contribution in [-0.2, 0) is 0 Å². The lowest BCUT2D eigenvalue weighted by Crippen LogP contribution is -2.42. The van der Waals surface area contributed by atoms with Gasteiger partial charge < -0.3 is 5.73 Å². The van der Waals surface area contributed by atoms with Gasteiger partial charge in [0.2, 0.25) is 0 Å². The summed E-state index contributed by atoms with van der Waals surface area (Å²) in [6.07, 6.45) is 5.32. The molecule has 2 nitrogen and oxygen atoms in total. The maximum atomic E-state index is 6.05. The Kier molecular flexibility index (Phi) is 3.97. The number of rotatable bonds is 3. The third kappa shape index (κ3) is 2.74. The normalized spacial score (nSPS) is 28.6. The van der Waals surface area contributed by atoms with Crippen LogP contribution in [0.4, 0.5) is 0 Å². The smallest absolute Gasteiger partial charge is 0.0402 e. The summed E-state index contributed by atoms with van der Waals surface area (Å²) in [7, 11) is 0. The number of aryl methyl sites for hydroxylation is 1. The molecular formula is C16H23BrN2. The number of benzene rings is 1. The summed E-state index contributed by atoms with van der Waals surface area (Å²) in [6.45, 7) is 4.19. The Morgan fingerprint density at radius 3 is 2.74 bits per heavy atom. The van der Waals surface area contributed by atoms with Crippen molar-refractivity contribution in [2.24, 2.45) is 11.7 Å². The van der Waals surface area contributed by atoms with Gasteiger partial charge in [-0.1, -0.05) is 28.1 Å². The Hall–Kier alpha value is -0.380. The van der Waals surface area contributed by atoms with Crippen molar-refractivity contribution in [3.63, 3.8) is 0 Å². The van der Waals surface area contributed by atoms with Crippen molar-refractivity contribution in [2.45, 2.75) is 44.7 Å². The van der Waals surface area contributed by atoms with E-state index in [0.717, 1.165) is 12.6 Å². The molecule has 1 heterocycles. The zero-order valence-electron chi connectivity index (χ0n) is 11.6. The van der Waals surface area contributed by atoms with E-state index in [1.54, 1.807) is 0 Å². The molecule has 104 valence electrons.